The molecule has 1 fully saturated rings. The minimum Gasteiger partial charge on any atom is -0.365 e. The number of carbonyl (C=O) groups is 1. The highest BCUT2D eigenvalue weighted by molar-refractivity contribution is 5.85. The number of aromatic nitrogens is 3. The van der Waals surface area contributed by atoms with Gasteiger partial charge in [0.1, 0.15) is 11.5 Å². The number of benzene rings is 1. The summed E-state index contributed by atoms with van der Waals surface area (Å²) in [6.07, 6.45) is 3.65. The number of nitrogens with one attached hydrogen (secondary N) is 1. The van der Waals surface area contributed by atoms with Crippen LogP contribution < -0.4 is 5.32 Å². The van der Waals surface area contributed by atoms with Crippen molar-refractivity contribution >= 4 is 5.91 Å². The van der Waals surface area contributed by atoms with Crippen LogP contribution in [0, 0.1) is 6.92 Å². The maximum absolute atomic E-state index is 12.9. The first kappa shape index (κ1) is 18.4. The molecule has 1 saturated heterocycles. The number of amides is 1. The van der Waals surface area contributed by atoms with E-state index in [0.717, 1.165) is 23.4 Å². The molecule has 1 N–H and O–H groups in total. The van der Waals surface area contributed by atoms with Crippen LogP contribution >= 0.6 is 0 Å². The standard InChI is InChI=1S/C21H24N4O3/c1-16-8-10-23-25(16)12-11-22-20(26)21(9-5-13-27-21)15-18-14-19(24-28-18)17-6-3-2-4-7-17/h2-4,6-8,10,14H,5,9,11-13,15H2,1H3,(H,22,26)/t21-/m1/s1. The molecule has 0 aliphatic carbocycles. The Morgan fingerprint density at radius 1 is 1.29 bits per heavy atom. The van der Waals surface area contributed by atoms with E-state index < -0.39 is 5.60 Å². The van der Waals surface area contributed by atoms with Crippen LogP contribution in [-0.2, 0) is 22.5 Å². The minimum atomic E-state index is -0.896. The first-order valence-corrected chi connectivity index (χ1v) is 9.58. The van der Waals surface area contributed by atoms with Gasteiger partial charge in [0.15, 0.2) is 5.60 Å². The summed E-state index contributed by atoms with van der Waals surface area (Å²) in [6.45, 7) is 3.69. The molecule has 1 amide bonds. The van der Waals surface area contributed by atoms with E-state index in [1.807, 2.05) is 54.1 Å². The van der Waals surface area contributed by atoms with Crippen molar-refractivity contribution in [3.8, 4) is 11.3 Å². The molecule has 0 radical (unpaired) electrons. The minimum absolute atomic E-state index is 0.104. The molecule has 0 bridgehead atoms. The Bertz CT molecular complexity index is 926. The van der Waals surface area contributed by atoms with Crippen molar-refractivity contribution in [1.29, 1.82) is 0 Å². The third kappa shape index (κ3) is 3.84. The highest BCUT2D eigenvalue weighted by Crippen LogP contribution is 2.31. The molecule has 0 saturated carbocycles. The summed E-state index contributed by atoms with van der Waals surface area (Å²) in [4.78, 5) is 12.9. The van der Waals surface area contributed by atoms with E-state index in [2.05, 4.69) is 15.6 Å². The van der Waals surface area contributed by atoms with E-state index in [1.165, 1.54) is 0 Å². The predicted molar refractivity (Wildman–Crippen MR) is 104 cm³/mol. The van der Waals surface area contributed by atoms with Gasteiger partial charge in [0, 0.05) is 43.1 Å². The van der Waals surface area contributed by atoms with E-state index in [0.29, 0.717) is 38.3 Å². The Kier molecular flexibility index (Phi) is 5.25. The van der Waals surface area contributed by atoms with Gasteiger partial charge in [-0.3, -0.25) is 9.48 Å². The summed E-state index contributed by atoms with van der Waals surface area (Å²) in [5.41, 5.74) is 1.92. The maximum atomic E-state index is 12.9. The fourth-order valence-corrected chi connectivity index (χ4v) is 3.59. The second-order valence-electron chi connectivity index (χ2n) is 7.12. The van der Waals surface area contributed by atoms with Gasteiger partial charge in [-0.15, -0.1) is 0 Å². The second kappa shape index (κ2) is 7.98. The Hall–Kier alpha value is -2.93. The molecule has 4 rings (SSSR count). The Balaban J connectivity index is 1.42. The lowest BCUT2D eigenvalue weighted by Crippen LogP contribution is -2.48. The van der Waals surface area contributed by atoms with Gasteiger partial charge in [-0.2, -0.15) is 5.10 Å². The first-order valence-electron chi connectivity index (χ1n) is 9.58. The van der Waals surface area contributed by atoms with Crippen LogP contribution in [0.3, 0.4) is 0 Å². The highest BCUT2D eigenvalue weighted by atomic mass is 16.5. The summed E-state index contributed by atoms with van der Waals surface area (Å²) >= 11 is 0. The van der Waals surface area contributed by atoms with Crippen LogP contribution in [0.2, 0.25) is 0 Å². The van der Waals surface area contributed by atoms with Crippen molar-refractivity contribution in [2.24, 2.45) is 0 Å². The molecule has 1 atom stereocenters. The monoisotopic (exact) mass is 380 g/mol. The summed E-state index contributed by atoms with van der Waals surface area (Å²) in [5, 5.41) is 11.4. The molecule has 2 aromatic heterocycles. The SMILES string of the molecule is Cc1ccnn1CCNC(=O)[C@]1(Cc2cc(-c3ccccc3)no2)CCCO1. The van der Waals surface area contributed by atoms with Crippen molar-refractivity contribution < 1.29 is 14.1 Å². The predicted octanol–water partition coefficient (Wildman–Crippen LogP) is 2.75. The number of hydrogen-bond donors (Lipinski definition) is 1. The van der Waals surface area contributed by atoms with Gasteiger partial charge in [-0.25, -0.2) is 0 Å². The van der Waals surface area contributed by atoms with E-state index in [-0.39, 0.29) is 5.91 Å². The lowest BCUT2D eigenvalue weighted by Gasteiger charge is -2.26. The van der Waals surface area contributed by atoms with Crippen LogP contribution in [-0.4, -0.2) is 39.6 Å². The molecular formula is C21H24N4O3. The normalized spacial score (nSPS) is 19.0. The van der Waals surface area contributed by atoms with E-state index >= 15 is 0 Å². The van der Waals surface area contributed by atoms with Crippen molar-refractivity contribution in [2.45, 2.75) is 38.3 Å². The smallest absolute Gasteiger partial charge is 0.252 e. The number of rotatable bonds is 7. The molecule has 28 heavy (non-hydrogen) atoms. The average Bonchev–Trinajstić information content (AvgIpc) is 3.46. The van der Waals surface area contributed by atoms with Gasteiger partial charge < -0.3 is 14.6 Å². The molecule has 146 valence electrons. The van der Waals surface area contributed by atoms with Crippen LogP contribution in [0.1, 0.15) is 24.3 Å². The first-order chi connectivity index (χ1) is 13.7. The fraction of sp³-hybridized carbons (Fsp3) is 0.381. The molecule has 1 aliphatic rings. The molecule has 3 heterocycles. The maximum Gasteiger partial charge on any atom is 0.252 e. The van der Waals surface area contributed by atoms with Crippen molar-refractivity contribution in [1.82, 2.24) is 20.3 Å². The zero-order valence-corrected chi connectivity index (χ0v) is 15.9. The largest absolute Gasteiger partial charge is 0.365 e. The van der Waals surface area contributed by atoms with Gasteiger partial charge >= 0.3 is 0 Å². The summed E-state index contributed by atoms with van der Waals surface area (Å²) in [6, 6.07) is 13.7. The zero-order chi connectivity index (χ0) is 19.4. The molecule has 1 aromatic carbocycles. The molecule has 7 nitrogen and oxygen atoms in total. The van der Waals surface area contributed by atoms with Crippen molar-refractivity contribution in [2.75, 3.05) is 13.2 Å². The van der Waals surface area contributed by atoms with Gasteiger partial charge in [-0.1, -0.05) is 35.5 Å². The average molecular weight is 380 g/mol. The van der Waals surface area contributed by atoms with Crippen molar-refractivity contribution in [3.05, 3.63) is 60.1 Å². The molecular weight excluding hydrogens is 356 g/mol. The number of hydrogen-bond acceptors (Lipinski definition) is 5. The summed E-state index contributed by atoms with van der Waals surface area (Å²) in [7, 11) is 0. The molecule has 0 spiro atoms. The fourth-order valence-electron chi connectivity index (χ4n) is 3.59. The lowest BCUT2D eigenvalue weighted by molar-refractivity contribution is -0.141. The summed E-state index contributed by atoms with van der Waals surface area (Å²) in [5.74, 6) is 0.547. The van der Waals surface area contributed by atoms with Gasteiger partial charge in [0.25, 0.3) is 5.91 Å². The van der Waals surface area contributed by atoms with Crippen LogP contribution in [0.5, 0.6) is 0 Å². The number of ether oxygens (including phenoxy) is 1. The number of nitrogens with zero attached hydrogens (tertiary/aromatic N) is 3. The number of carbonyl (C=O) groups excluding carboxylic acids is 1. The molecule has 7 heteroatoms. The Labute approximate surface area is 163 Å². The van der Waals surface area contributed by atoms with Gasteiger partial charge in [-0.05, 0) is 25.8 Å². The topological polar surface area (TPSA) is 82.2 Å². The van der Waals surface area contributed by atoms with Crippen molar-refractivity contribution in [3.63, 3.8) is 0 Å². The quantitative estimate of drug-likeness (QED) is 0.682. The Morgan fingerprint density at radius 2 is 2.14 bits per heavy atom. The molecule has 3 aromatic rings. The van der Waals surface area contributed by atoms with E-state index in [1.54, 1.807) is 6.20 Å². The second-order valence-corrected chi connectivity index (χ2v) is 7.12. The van der Waals surface area contributed by atoms with Crippen LogP contribution in [0.4, 0.5) is 0 Å². The third-order valence-electron chi connectivity index (χ3n) is 5.14. The molecule has 1 aliphatic heterocycles. The third-order valence-corrected chi connectivity index (χ3v) is 5.14. The highest BCUT2D eigenvalue weighted by Gasteiger charge is 2.43. The van der Waals surface area contributed by atoms with E-state index in [4.69, 9.17) is 9.26 Å². The lowest BCUT2D eigenvalue weighted by atomic mass is 9.93. The van der Waals surface area contributed by atoms with Crippen LogP contribution in [0.25, 0.3) is 11.3 Å². The van der Waals surface area contributed by atoms with E-state index in [9.17, 15) is 4.79 Å². The zero-order valence-electron chi connectivity index (χ0n) is 15.9. The van der Waals surface area contributed by atoms with Crippen LogP contribution in [0.15, 0.2) is 53.2 Å². The van der Waals surface area contributed by atoms with Gasteiger partial charge in [0.2, 0.25) is 0 Å². The summed E-state index contributed by atoms with van der Waals surface area (Å²) < 4.78 is 13.3. The Morgan fingerprint density at radius 3 is 2.86 bits per heavy atom. The number of aryl methyl sites for hydroxylation is 1. The van der Waals surface area contributed by atoms with Gasteiger partial charge in [0.05, 0.1) is 6.54 Å². The molecule has 0 unspecified atom stereocenters.